The van der Waals surface area contributed by atoms with Gasteiger partial charge in [0.05, 0.1) is 23.6 Å². The lowest BCUT2D eigenvalue weighted by molar-refractivity contribution is -0.118. The maximum Gasteiger partial charge on any atom is 0.225 e. The van der Waals surface area contributed by atoms with E-state index in [2.05, 4.69) is 32.2 Å². The molecule has 0 spiro atoms. The maximum absolute atomic E-state index is 13.1. The minimum Gasteiger partial charge on any atom is -0.350 e. The Morgan fingerprint density at radius 2 is 2.19 bits per heavy atom. The van der Waals surface area contributed by atoms with Gasteiger partial charge in [0.25, 0.3) is 0 Å². The number of rotatable bonds is 6. The largest absolute Gasteiger partial charge is 0.350 e. The Bertz CT molecular complexity index is 1350. The number of nitrogens with one attached hydrogen (secondary N) is 1. The van der Waals surface area contributed by atoms with Crippen LogP contribution in [0.4, 0.5) is 11.6 Å². The fraction of sp³-hybridized carbons (Fsp3) is 0.250. The van der Waals surface area contributed by atoms with Gasteiger partial charge in [-0.1, -0.05) is 31.2 Å². The summed E-state index contributed by atoms with van der Waals surface area (Å²) in [5, 5.41) is 8.63. The third-order valence-corrected chi connectivity index (χ3v) is 5.61. The molecule has 3 aromatic heterocycles. The minimum atomic E-state index is -0.532. The molecule has 32 heavy (non-hydrogen) atoms. The molecule has 3 heterocycles. The van der Waals surface area contributed by atoms with Crippen LogP contribution in [-0.2, 0) is 24.3 Å². The number of anilines is 1. The first-order chi connectivity index (χ1) is 15.7. The summed E-state index contributed by atoms with van der Waals surface area (Å²) in [6, 6.07) is 9.29. The second kappa shape index (κ2) is 8.19. The van der Waals surface area contributed by atoms with Crippen molar-refractivity contribution in [3.05, 3.63) is 82.7 Å². The van der Waals surface area contributed by atoms with E-state index in [0.29, 0.717) is 35.9 Å². The highest BCUT2D eigenvalue weighted by atomic mass is 16.1. The topological polar surface area (TPSA) is 89.9 Å². The second-order valence-electron chi connectivity index (χ2n) is 7.85. The first-order valence-electron chi connectivity index (χ1n) is 10.6. The third kappa shape index (κ3) is 3.58. The molecule has 8 nitrogen and oxygen atoms in total. The second-order valence-corrected chi connectivity index (χ2v) is 7.85. The van der Waals surface area contributed by atoms with Crippen molar-refractivity contribution >= 4 is 28.5 Å². The Kier molecular flexibility index (Phi) is 5.07. The van der Waals surface area contributed by atoms with Gasteiger partial charge in [-0.3, -0.25) is 14.5 Å². The Labute approximate surface area is 185 Å². The Hall–Kier alpha value is -4.12. The minimum absolute atomic E-state index is 0.0728. The predicted octanol–water partition coefficient (Wildman–Crippen LogP) is 4.05. The maximum atomic E-state index is 13.1. The molecule has 0 saturated carbocycles. The third-order valence-electron chi connectivity index (χ3n) is 5.61. The summed E-state index contributed by atoms with van der Waals surface area (Å²) < 4.78 is 1.85. The number of aryl methyl sites for hydroxylation is 1. The molecule has 0 bridgehead atoms. The number of hydrogen-bond donors (Lipinski definition) is 1. The van der Waals surface area contributed by atoms with Crippen molar-refractivity contribution in [3.63, 3.8) is 0 Å². The molecule has 0 fully saturated rings. The van der Waals surface area contributed by atoms with Crippen LogP contribution < -0.4 is 5.32 Å². The van der Waals surface area contributed by atoms with Crippen LogP contribution in [0.3, 0.4) is 0 Å². The molecule has 0 saturated heterocycles. The first-order valence-corrected chi connectivity index (χ1v) is 10.6. The Morgan fingerprint density at radius 3 is 2.97 bits per heavy atom. The van der Waals surface area contributed by atoms with E-state index in [0.717, 1.165) is 35.0 Å². The van der Waals surface area contributed by atoms with E-state index < -0.39 is 5.92 Å². The van der Waals surface area contributed by atoms with Crippen LogP contribution in [0.15, 0.2) is 48.9 Å². The molecule has 8 heteroatoms. The number of carbonyl (C=O) groups is 1. The van der Waals surface area contributed by atoms with Crippen molar-refractivity contribution in [1.29, 1.82) is 0 Å². The quantitative estimate of drug-likeness (QED) is 0.471. The molecule has 0 aliphatic heterocycles. The van der Waals surface area contributed by atoms with Crippen molar-refractivity contribution in [1.82, 2.24) is 24.7 Å². The van der Waals surface area contributed by atoms with Crippen molar-refractivity contribution in [2.24, 2.45) is 0 Å². The summed E-state index contributed by atoms with van der Waals surface area (Å²) in [5.41, 5.74) is 4.51. The number of benzene rings is 1. The van der Waals surface area contributed by atoms with Crippen LogP contribution in [0.5, 0.6) is 0 Å². The highest BCUT2D eigenvalue weighted by Crippen LogP contribution is 2.39. The van der Waals surface area contributed by atoms with E-state index in [1.165, 1.54) is 0 Å². The number of nitrogens with zero attached hydrogens (tertiary/aromatic N) is 6. The number of aromatic nitrogens is 5. The van der Waals surface area contributed by atoms with Crippen LogP contribution in [-0.4, -0.2) is 30.5 Å². The zero-order valence-corrected chi connectivity index (χ0v) is 17.6. The van der Waals surface area contributed by atoms with Gasteiger partial charge in [0.1, 0.15) is 0 Å². The van der Waals surface area contributed by atoms with Crippen LogP contribution in [0, 0.1) is 6.57 Å². The molecule has 158 valence electrons. The molecule has 1 aliphatic rings. The van der Waals surface area contributed by atoms with E-state index >= 15 is 0 Å². The van der Waals surface area contributed by atoms with Crippen LogP contribution in [0.1, 0.15) is 41.6 Å². The lowest BCUT2D eigenvalue weighted by Gasteiger charge is -2.13. The van der Waals surface area contributed by atoms with Crippen LogP contribution in [0.2, 0.25) is 0 Å². The molecule has 1 aliphatic carbocycles. The number of carbonyl (C=O) groups excluding carboxylic acids is 1. The predicted molar refractivity (Wildman–Crippen MR) is 120 cm³/mol. The molecular weight excluding hydrogens is 402 g/mol. The molecule has 1 N–H and O–H groups in total. The van der Waals surface area contributed by atoms with Gasteiger partial charge in [0, 0.05) is 38.1 Å². The highest BCUT2D eigenvalue weighted by Gasteiger charge is 2.35. The van der Waals surface area contributed by atoms with Gasteiger partial charge in [0.2, 0.25) is 5.95 Å². The molecule has 4 aromatic rings. The number of Topliss-reactive ketones (excluding diaryl/α,β-unsaturated/α-hetero) is 1. The molecular formula is C24H21N7O. The van der Waals surface area contributed by atoms with E-state index in [1.807, 2.05) is 35.1 Å². The molecule has 1 atom stereocenters. The molecule has 1 aromatic carbocycles. The van der Waals surface area contributed by atoms with Gasteiger partial charge in [0.15, 0.2) is 17.1 Å². The monoisotopic (exact) mass is 423 g/mol. The average Bonchev–Trinajstić information content (AvgIpc) is 3.37. The fourth-order valence-electron chi connectivity index (χ4n) is 4.15. The smallest absolute Gasteiger partial charge is 0.225 e. The number of hydrogen-bond acceptors (Lipinski definition) is 6. The lowest BCUT2D eigenvalue weighted by atomic mass is 9.94. The van der Waals surface area contributed by atoms with Gasteiger partial charge in [-0.2, -0.15) is 10.1 Å². The summed E-state index contributed by atoms with van der Waals surface area (Å²) in [5.74, 6) is -0.0420. The summed E-state index contributed by atoms with van der Waals surface area (Å²) in [6.45, 7) is 10.7. The van der Waals surface area contributed by atoms with E-state index in [1.54, 1.807) is 18.5 Å². The SMILES string of the molecule is [C-]#[N+]c1ccc2c(c1)C(c1nc(NCc3cccnc3)nc3nn(CCC)cc13)C(=O)C2. The van der Waals surface area contributed by atoms with E-state index in [-0.39, 0.29) is 5.78 Å². The molecule has 0 amide bonds. The number of fused-ring (bicyclic) bond motifs is 2. The van der Waals surface area contributed by atoms with Gasteiger partial charge in [-0.15, -0.1) is 0 Å². The normalized spacial score (nSPS) is 15.0. The first kappa shape index (κ1) is 19.8. The lowest BCUT2D eigenvalue weighted by Crippen LogP contribution is -2.13. The summed E-state index contributed by atoms with van der Waals surface area (Å²) >= 11 is 0. The fourth-order valence-corrected chi connectivity index (χ4v) is 4.15. The van der Waals surface area contributed by atoms with Gasteiger partial charge in [-0.05, 0) is 29.2 Å². The van der Waals surface area contributed by atoms with Gasteiger partial charge >= 0.3 is 0 Å². The Balaban J connectivity index is 1.61. The van der Waals surface area contributed by atoms with Gasteiger partial charge < -0.3 is 5.32 Å². The van der Waals surface area contributed by atoms with Crippen molar-refractivity contribution < 1.29 is 4.79 Å². The zero-order valence-electron chi connectivity index (χ0n) is 17.6. The number of pyridine rings is 1. The Morgan fingerprint density at radius 1 is 1.28 bits per heavy atom. The van der Waals surface area contributed by atoms with Crippen molar-refractivity contribution in [2.75, 3.05) is 5.32 Å². The molecule has 1 unspecified atom stereocenters. The summed E-state index contributed by atoms with van der Waals surface area (Å²) in [7, 11) is 0. The van der Waals surface area contributed by atoms with E-state index in [4.69, 9.17) is 11.6 Å². The molecule has 5 rings (SSSR count). The zero-order chi connectivity index (χ0) is 22.1. The van der Waals surface area contributed by atoms with Crippen LogP contribution >= 0.6 is 0 Å². The summed E-state index contributed by atoms with van der Waals surface area (Å²) in [4.78, 5) is 30.2. The average molecular weight is 423 g/mol. The van der Waals surface area contributed by atoms with E-state index in [9.17, 15) is 4.79 Å². The van der Waals surface area contributed by atoms with Crippen LogP contribution in [0.25, 0.3) is 15.9 Å². The summed E-state index contributed by atoms with van der Waals surface area (Å²) in [6.07, 6.45) is 6.70. The van der Waals surface area contributed by atoms with Crippen molar-refractivity contribution in [2.45, 2.75) is 38.8 Å². The standard InChI is InChI=1S/C24H21N7O/c1-3-9-31-14-19-22(21-18-11-17(25-2)7-6-16(18)10-20(21)32)28-24(29-23(19)30-31)27-13-15-5-4-8-26-12-15/h4-8,11-12,14,21H,3,9-10,13H2,1H3,(H,27,29,30). The number of ketones is 1. The van der Waals surface area contributed by atoms with Gasteiger partial charge in [-0.25, -0.2) is 9.83 Å². The van der Waals surface area contributed by atoms with Crippen molar-refractivity contribution in [3.8, 4) is 0 Å². The highest BCUT2D eigenvalue weighted by molar-refractivity contribution is 5.98. The molecule has 0 radical (unpaired) electrons.